The van der Waals surface area contributed by atoms with Gasteiger partial charge in [0.1, 0.15) is 5.41 Å². The van der Waals surface area contributed by atoms with Gasteiger partial charge in [0.2, 0.25) is 0 Å². The monoisotopic (exact) mass is 297 g/mol. The SMILES string of the molecule is C=C1C(=O)NC2=CCC[C@@]2(C(=O)OCC)[C@H]1c1ccccc1. The van der Waals surface area contributed by atoms with E-state index in [0.717, 1.165) is 12.0 Å². The van der Waals surface area contributed by atoms with E-state index in [1.165, 1.54) is 0 Å². The zero-order valence-electron chi connectivity index (χ0n) is 12.6. The number of ether oxygens (including phenoxy) is 1. The maximum atomic E-state index is 12.8. The Labute approximate surface area is 129 Å². The first-order valence-corrected chi connectivity index (χ1v) is 7.54. The van der Waals surface area contributed by atoms with Crippen LogP contribution in [0.5, 0.6) is 0 Å². The summed E-state index contributed by atoms with van der Waals surface area (Å²) in [4.78, 5) is 25.0. The van der Waals surface area contributed by atoms with Crippen LogP contribution in [0.3, 0.4) is 0 Å². The predicted molar refractivity (Wildman–Crippen MR) is 82.8 cm³/mol. The molecule has 0 radical (unpaired) electrons. The third kappa shape index (κ3) is 1.98. The quantitative estimate of drug-likeness (QED) is 0.689. The van der Waals surface area contributed by atoms with E-state index >= 15 is 0 Å². The molecule has 2 atom stereocenters. The van der Waals surface area contributed by atoms with Gasteiger partial charge in [-0.25, -0.2) is 0 Å². The van der Waals surface area contributed by atoms with Gasteiger partial charge >= 0.3 is 5.97 Å². The highest BCUT2D eigenvalue weighted by atomic mass is 16.5. The molecule has 1 fully saturated rings. The maximum Gasteiger partial charge on any atom is 0.319 e. The number of amides is 1. The number of fused-ring (bicyclic) bond motifs is 1. The number of allylic oxidation sites excluding steroid dienone is 1. The second-order valence-electron chi connectivity index (χ2n) is 5.67. The zero-order valence-corrected chi connectivity index (χ0v) is 12.6. The van der Waals surface area contributed by atoms with E-state index in [0.29, 0.717) is 24.3 Å². The van der Waals surface area contributed by atoms with Crippen molar-refractivity contribution >= 4 is 11.9 Å². The number of hydrogen-bond acceptors (Lipinski definition) is 3. The van der Waals surface area contributed by atoms with Gasteiger partial charge in [0, 0.05) is 17.2 Å². The summed E-state index contributed by atoms with van der Waals surface area (Å²) in [6.07, 6.45) is 3.29. The van der Waals surface area contributed by atoms with Crippen molar-refractivity contribution in [1.82, 2.24) is 5.32 Å². The summed E-state index contributed by atoms with van der Waals surface area (Å²) in [5.74, 6) is -0.883. The van der Waals surface area contributed by atoms with Gasteiger partial charge in [-0.05, 0) is 25.3 Å². The fourth-order valence-electron chi connectivity index (χ4n) is 3.58. The molecule has 114 valence electrons. The van der Waals surface area contributed by atoms with Crippen molar-refractivity contribution in [1.29, 1.82) is 0 Å². The lowest BCUT2D eigenvalue weighted by Gasteiger charge is -2.42. The van der Waals surface area contributed by atoms with E-state index in [4.69, 9.17) is 4.74 Å². The Bertz CT molecular complexity index is 662. The Morgan fingerprint density at radius 2 is 2.14 bits per heavy atom. The number of benzene rings is 1. The fourth-order valence-corrected chi connectivity index (χ4v) is 3.58. The van der Waals surface area contributed by atoms with Gasteiger partial charge in [-0.3, -0.25) is 9.59 Å². The van der Waals surface area contributed by atoms with Gasteiger partial charge in [-0.15, -0.1) is 0 Å². The van der Waals surface area contributed by atoms with Crippen molar-refractivity contribution in [2.45, 2.75) is 25.7 Å². The highest BCUT2D eigenvalue weighted by Gasteiger charge is 2.57. The Kier molecular flexibility index (Phi) is 3.61. The van der Waals surface area contributed by atoms with E-state index < -0.39 is 5.41 Å². The van der Waals surface area contributed by atoms with Crippen LogP contribution in [0.15, 0.2) is 54.3 Å². The lowest BCUT2D eigenvalue weighted by Crippen LogP contribution is -2.50. The second kappa shape index (κ2) is 5.44. The molecule has 1 heterocycles. The third-order valence-corrected chi connectivity index (χ3v) is 4.52. The van der Waals surface area contributed by atoms with Gasteiger partial charge < -0.3 is 10.1 Å². The molecule has 1 aromatic rings. The van der Waals surface area contributed by atoms with Crippen molar-refractivity contribution in [3.8, 4) is 0 Å². The fraction of sp³-hybridized carbons (Fsp3) is 0.333. The zero-order chi connectivity index (χ0) is 15.7. The molecule has 0 unspecified atom stereocenters. The number of carbonyl (C=O) groups is 2. The van der Waals surface area contributed by atoms with Crippen LogP contribution in [-0.4, -0.2) is 18.5 Å². The molecule has 1 saturated heterocycles. The molecule has 2 aliphatic rings. The predicted octanol–water partition coefficient (Wildman–Crippen LogP) is 2.68. The summed E-state index contributed by atoms with van der Waals surface area (Å²) >= 11 is 0. The number of piperidine rings is 1. The molecule has 1 aliphatic carbocycles. The van der Waals surface area contributed by atoms with Gasteiger partial charge in [0.15, 0.2) is 0 Å². The maximum absolute atomic E-state index is 12.8. The molecule has 1 aromatic carbocycles. The minimum absolute atomic E-state index is 0.220. The lowest BCUT2D eigenvalue weighted by molar-refractivity contribution is -0.155. The third-order valence-electron chi connectivity index (χ3n) is 4.52. The van der Waals surface area contributed by atoms with Gasteiger partial charge in [0.25, 0.3) is 5.91 Å². The van der Waals surface area contributed by atoms with Gasteiger partial charge in [-0.2, -0.15) is 0 Å². The summed E-state index contributed by atoms with van der Waals surface area (Å²) in [5.41, 5.74) is 1.14. The Morgan fingerprint density at radius 3 is 2.82 bits per heavy atom. The molecular weight excluding hydrogens is 278 g/mol. The van der Waals surface area contributed by atoms with Crippen molar-refractivity contribution in [3.05, 3.63) is 59.8 Å². The summed E-state index contributed by atoms with van der Waals surface area (Å²) in [6, 6.07) is 9.60. The molecule has 1 aliphatic heterocycles. The van der Waals surface area contributed by atoms with Crippen molar-refractivity contribution in [2.75, 3.05) is 6.61 Å². The van der Waals surface area contributed by atoms with E-state index in [9.17, 15) is 9.59 Å². The van der Waals surface area contributed by atoms with Crippen LogP contribution in [-0.2, 0) is 14.3 Å². The molecule has 0 aromatic heterocycles. The molecule has 0 saturated carbocycles. The van der Waals surface area contributed by atoms with Crippen LogP contribution in [0.2, 0.25) is 0 Å². The molecule has 4 heteroatoms. The average molecular weight is 297 g/mol. The minimum Gasteiger partial charge on any atom is -0.465 e. The van der Waals surface area contributed by atoms with Crippen LogP contribution in [0.1, 0.15) is 31.2 Å². The minimum atomic E-state index is -0.859. The van der Waals surface area contributed by atoms with E-state index in [1.807, 2.05) is 36.4 Å². The standard InChI is InChI=1S/C18H19NO3/c1-3-22-17(21)18-11-7-10-14(18)19-16(20)12(2)15(18)13-8-5-4-6-9-13/h4-6,8-10,15H,2-3,7,11H2,1H3,(H,19,20)/t15-,18+/m1/s1. The highest BCUT2D eigenvalue weighted by Crippen LogP contribution is 2.54. The molecule has 4 nitrogen and oxygen atoms in total. The van der Waals surface area contributed by atoms with Crippen molar-refractivity contribution < 1.29 is 14.3 Å². The molecule has 0 spiro atoms. The van der Waals surface area contributed by atoms with Crippen LogP contribution >= 0.6 is 0 Å². The summed E-state index contributed by atoms with van der Waals surface area (Å²) in [6.45, 7) is 6.06. The van der Waals surface area contributed by atoms with Gasteiger partial charge in [-0.1, -0.05) is 43.0 Å². The topological polar surface area (TPSA) is 55.4 Å². The van der Waals surface area contributed by atoms with Crippen LogP contribution < -0.4 is 5.32 Å². The Hall–Kier alpha value is -2.36. The largest absolute Gasteiger partial charge is 0.465 e. The number of esters is 1. The average Bonchev–Trinajstić information content (AvgIpc) is 2.93. The molecule has 22 heavy (non-hydrogen) atoms. The first-order valence-electron chi connectivity index (χ1n) is 7.54. The molecule has 3 rings (SSSR count). The summed E-state index contributed by atoms with van der Waals surface area (Å²) in [7, 11) is 0. The van der Waals surface area contributed by atoms with Crippen molar-refractivity contribution in [2.24, 2.45) is 5.41 Å². The first kappa shape index (κ1) is 14.6. The van der Waals surface area contributed by atoms with Crippen molar-refractivity contribution in [3.63, 3.8) is 0 Å². The number of rotatable bonds is 3. The highest BCUT2D eigenvalue weighted by molar-refractivity contribution is 6.01. The smallest absolute Gasteiger partial charge is 0.319 e. The first-order chi connectivity index (χ1) is 10.6. The second-order valence-corrected chi connectivity index (χ2v) is 5.67. The Morgan fingerprint density at radius 1 is 1.41 bits per heavy atom. The van der Waals surface area contributed by atoms with Gasteiger partial charge in [0.05, 0.1) is 6.61 Å². The lowest BCUT2D eigenvalue weighted by atomic mass is 9.64. The summed E-state index contributed by atoms with van der Waals surface area (Å²) < 4.78 is 5.35. The van der Waals surface area contributed by atoms with E-state index in [-0.39, 0.29) is 17.8 Å². The number of hydrogen-bond donors (Lipinski definition) is 1. The number of nitrogens with one attached hydrogen (secondary N) is 1. The molecular formula is C18H19NO3. The van der Waals surface area contributed by atoms with Crippen LogP contribution in [0.4, 0.5) is 0 Å². The van der Waals surface area contributed by atoms with E-state index in [2.05, 4.69) is 11.9 Å². The van der Waals surface area contributed by atoms with Crippen LogP contribution in [0, 0.1) is 5.41 Å². The summed E-state index contributed by atoms with van der Waals surface area (Å²) in [5, 5.41) is 2.83. The Balaban J connectivity index is 2.16. The van der Waals surface area contributed by atoms with Crippen LogP contribution in [0.25, 0.3) is 0 Å². The number of carbonyl (C=O) groups excluding carboxylic acids is 2. The molecule has 1 amide bonds. The molecule has 1 N–H and O–H groups in total. The normalized spacial score (nSPS) is 27.0. The molecule has 0 bridgehead atoms. The van der Waals surface area contributed by atoms with E-state index in [1.54, 1.807) is 6.92 Å².